The van der Waals surface area contributed by atoms with Crippen LogP contribution in [0.4, 0.5) is 5.69 Å². The lowest BCUT2D eigenvalue weighted by atomic mass is 10.1. The Kier molecular flexibility index (Phi) is 5.65. The molecule has 0 heterocycles. The van der Waals surface area contributed by atoms with Crippen molar-refractivity contribution >= 4 is 29.3 Å². The maximum atomic E-state index is 12.4. The summed E-state index contributed by atoms with van der Waals surface area (Å²) in [6, 6.07) is 12.2. The molecule has 2 rings (SSSR count). The van der Waals surface area contributed by atoms with Gasteiger partial charge in [-0.05, 0) is 48.7 Å². The van der Waals surface area contributed by atoms with Gasteiger partial charge in [0.15, 0.2) is 0 Å². The second-order valence-corrected chi connectivity index (χ2v) is 5.56. The number of carbonyl (C=O) groups excluding carboxylic acids is 2. The lowest BCUT2D eigenvalue weighted by Crippen LogP contribution is -2.18. The quantitative estimate of drug-likeness (QED) is 0.827. The molecule has 5 nitrogen and oxygen atoms in total. The van der Waals surface area contributed by atoms with Gasteiger partial charge < -0.3 is 15.4 Å². The van der Waals surface area contributed by atoms with Crippen molar-refractivity contribution in [1.29, 1.82) is 0 Å². The third kappa shape index (κ3) is 4.04. The Morgan fingerprint density at radius 1 is 1.00 bits per heavy atom. The van der Waals surface area contributed by atoms with Gasteiger partial charge in [-0.15, -0.1) is 11.8 Å². The van der Waals surface area contributed by atoms with Crippen molar-refractivity contribution in [1.82, 2.24) is 5.32 Å². The number of anilines is 1. The average molecular weight is 330 g/mol. The Balaban J connectivity index is 2.26. The maximum absolute atomic E-state index is 12.4. The van der Waals surface area contributed by atoms with Crippen LogP contribution in [0.1, 0.15) is 20.7 Å². The zero-order valence-electron chi connectivity index (χ0n) is 13.2. The smallest absolute Gasteiger partial charge is 0.255 e. The van der Waals surface area contributed by atoms with Gasteiger partial charge in [-0.2, -0.15) is 0 Å². The van der Waals surface area contributed by atoms with E-state index in [4.69, 9.17) is 4.74 Å². The molecule has 2 aromatic carbocycles. The molecule has 6 heteroatoms. The van der Waals surface area contributed by atoms with E-state index in [1.165, 1.54) is 7.11 Å². The molecule has 0 aliphatic carbocycles. The van der Waals surface area contributed by atoms with Crippen LogP contribution in [0.15, 0.2) is 47.4 Å². The topological polar surface area (TPSA) is 67.4 Å². The molecule has 120 valence electrons. The van der Waals surface area contributed by atoms with Crippen molar-refractivity contribution < 1.29 is 14.3 Å². The fourth-order valence-corrected chi connectivity index (χ4v) is 2.44. The SMILES string of the molecule is CNC(=O)c1ccc(OC)c(NC(=O)c2ccc(SC)cc2)c1. The number of benzene rings is 2. The van der Waals surface area contributed by atoms with Crippen LogP contribution in [-0.4, -0.2) is 32.2 Å². The van der Waals surface area contributed by atoms with Crippen LogP contribution in [-0.2, 0) is 0 Å². The first kappa shape index (κ1) is 16.9. The number of nitrogens with one attached hydrogen (secondary N) is 2. The first-order valence-corrected chi connectivity index (χ1v) is 8.17. The minimum Gasteiger partial charge on any atom is -0.495 e. The molecule has 23 heavy (non-hydrogen) atoms. The predicted octanol–water partition coefficient (Wildman–Crippen LogP) is 3.03. The lowest BCUT2D eigenvalue weighted by Gasteiger charge is -2.12. The maximum Gasteiger partial charge on any atom is 0.255 e. The van der Waals surface area contributed by atoms with Crippen molar-refractivity contribution in [3.05, 3.63) is 53.6 Å². The van der Waals surface area contributed by atoms with Gasteiger partial charge in [-0.3, -0.25) is 9.59 Å². The summed E-state index contributed by atoms with van der Waals surface area (Å²) < 4.78 is 5.24. The summed E-state index contributed by atoms with van der Waals surface area (Å²) in [5.74, 6) is 0.00391. The van der Waals surface area contributed by atoms with Gasteiger partial charge in [-0.25, -0.2) is 0 Å². The van der Waals surface area contributed by atoms with Crippen molar-refractivity contribution in [2.24, 2.45) is 0 Å². The Bertz CT molecular complexity index is 714. The molecular formula is C17H18N2O3S. The molecule has 2 aromatic rings. The summed E-state index contributed by atoms with van der Waals surface area (Å²) in [6.07, 6.45) is 1.98. The molecule has 0 bridgehead atoms. The van der Waals surface area contributed by atoms with E-state index >= 15 is 0 Å². The van der Waals surface area contributed by atoms with Crippen LogP contribution in [0.25, 0.3) is 0 Å². The van der Waals surface area contributed by atoms with Gasteiger partial charge in [0.2, 0.25) is 0 Å². The van der Waals surface area contributed by atoms with E-state index < -0.39 is 0 Å². The molecule has 0 radical (unpaired) electrons. The van der Waals surface area contributed by atoms with E-state index in [-0.39, 0.29) is 11.8 Å². The zero-order chi connectivity index (χ0) is 16.8. The van der Waals surface area contributed by atoms with Crippen molar-refractivity contribution in [3.8, 4) is 5.75 Å². The minimum atomic E-state index is -0.259. The molecule has 0 spiro atoms. The minimum absolute atomic E-state index is 0.229. The first-order valence-electron chi connectivity index (χ1n) is 6.94. The van der Waals surface area contributed by atoms with Crippen LogP contribution in [0.3, 0.4) is 0 Å². The van der Waals surface area contributed by atoms with Crippen LogP contribution < -0.4 is 15.4 Å². The van der Waals surface area contributed by atoms with Gasteiger partial charge in [0.05, 0.1) is 12.8 Å². The highest BCUT2D eigenvalue weighted by Gasteiger charge is 2.13. The van der Waals surface area contributed by atoms with E-state index in [2.05, 4.69) is 10.6 Å². The molecular weight excluding hydrogens is 312 g/mol. The third-order valence-corrected chi connectivity index (χ3v) is 4.03. The summed E-state index contributed by atoms with van der Waals surface area (Å²) >= 11 is 1.61. The standard InChI is InChI=1S/C17H18N2O3S/c1-18-16(20)12-6-9-15(22-2)14(10-12)19-17(21)11-4-7-13(23-3)8-5-11/h4-10H,1-3H3,(H,18,20)(H,19,21). The van der Waals surface area contributed by atoms with Crippen LogP contribution in [0, 0.1) is 0 Å². The van der Waals surface area contributed by atoms with E-state index in [0.29, 0.717) is 22.6 Å². The van der Waals surface area contributed by atoms with E-state index in [0.717, 1.165) is 4.90 Å². The number of ether oxygens (including phenoxy) is 1. The summed E-state index contributed by atoms with van der Waals surface area (Å²) in [5.41, 5.74) is 1.43. The Hall–Kier alpha value is -2.47. The number of methoxy groups -OCH3 is 1. The van der Waals surface area contributed by atoms with Crippen molar-refractivity contribution in [2.45, 2.75) is 4.90 Å². The fraction of sp³-hybridized carbons (Fsp3) is 0.176. The number of rotatable bonds is 5. The third-order valence-electron chi connectivity index (χ3n) is 3.29. The number of carbonyl (C=O) groups is 2. The van der Waals surface area contributed by atoms with E-state index in [1.807, 2.05) is 18.4 Å². The lowest BCUT2D eigenvalue weighted by molar-refractivity contribution is 0.0961. The monoisotopic (exact) mass is 330 g/mol. The molecule has 0 atom stereocenters. The van der Waals surface area contributed by atoms with E-state index in [9.17, 15) is 9.59 Å². The molecule has 0 unspecified atom stereocenters. The Morgan fingerprint density at radius 2 is 1.65 bits per heavy atom. The molecule has 0 saturated heterocycles. The average Bonchev–Trinajstić information content (AvgIpc) is 2.60. The highest BCUT2D eigenvalue weighted by molar-refractivity contribution is 7.98. The van der Waals surface area contributed by atoms with Gasteiger partial charge >= 0.3 is 0 Å². The van der Waals surface area contributed by atoms with Gasteiger partial charge in [-0.1, -0.05) is 0 Å². The Morgan fingerprint density at radius 3 is 2.22 bits per heavy atom. The zero-order valence-corrected chi connectivity index (χ0v) is 14.0. The predicted molar refractivity (Wildman–Crippen MR) is 92.6 cm³/mol. The van der Waals surface area contributed by atoms with Crippen LogP contribution in [0.5, 0.6) is 5.75 Å². The highest BCUT2D eigenvalue weighted by Crippen LogP contribution is 2.26. The van der Waals surface area contributed by atoms with Gasteiger partial charge in [0, 0.05) is 23.1 Å². The summed E-state index contributed by atoms with van der Waals surface area (Å²) in [4.78, 5) is 25.2. The highest BCUT2D eigenvalue weighted by atomic mass is 32.2. The molecule has 0 saturated carbocycles. The number of hydrogen-bond donors (Lipinski definition) is 2. The number of thioether (sulfide) groups is 1. The molecule has 0 aliphatic rings. The second kappa shape index (κ2) is 7.69. The number of hydrogen-bond acceptors (Lipinski definition) is 4. The largest absolute Gasteiger partial charge is 0.495 e. The van der Waals surface area contributed by atoms with E-state index in [1.54, 1.807) is 49.1 Å². The fourth-order valence-electron chi connectivity index (χ4n) is 2.03. The summed E-state index contributed by atoms with van der Waals surface area (Å²) in [7, 11) is 3.07. The molecule has 0 aliphatic heterocycles. The Labute approximate surface area is 139 Å². The van der Waals surface area contributed by atoms with Crippen molar-refractivity contribution in [2.75, 3.05) is 25.7 Å². The second-order valence-electron chi connectivity index (χ2n) is 4.68. The molecule has 0 fully saturated rings. The van der Waals surface area contributed by atoms with Gasteiger partial charge in [0.25, 0.3) is 11.8 Å². The van der Waals surface area contributed by atoms with Crippen LogP contribution in [0.2, 0.25) is 0 Å². The van der Waals surface area contributed by atoms with Gasteiger partial charge in [0.1, 0.15) is 5.75 Å². The van der Waals surface area contributed by atoms with Crippen molar-refractivity contribution in [3.63, 3.8) is 0 Å². The number of amides is 2. The molecule has 2 N–H and O–H groups in total. The molecule has 2 amide bonds. The first-order chi connectivity index (χ1) is 11.1. The summed E-state index contributed by atoms with van der Waals surface area (Å²) in [5, 5.41) is 5.33. The normalized spacial score (nSPS) is 10.0. The molecule has 0 aromatic heterocycles. The summed E-state index contributed by atoms with van der Waals surface area (Å²) in [6.45, 7) is 0. The van der Waals surface area contributed by atoms with Crippen LogP contribution >= 0.6 is 11.8 Å².